The van der Waals surface area contributed by atoms with Crippen molar-refractivity contribution in [3.8, 4) is 0 Å². The van der Waals surface area contributed by atoms with Gasteiger partial charge in [-0.15, -0.1) is 0 Å². The molecule has 0 saturated carbocycles. The molecule has 12 heteroatoms. The number of hydrogen-bond donors (Lipinski definition) is 4. The highest BCUT2D eigenvalue weighted by molar-refractivity contribution is 5.90. The summed E-state index contributed by atoms with van der Waals surface area (Å²) in [6.45, 7) is 23.1. The van der Waals surface area contributed by atoms with Gasteiger partial charge >= 0.3 is 17.9 Å². The SMILES string of the molecule is CC1(C)CC(COC(=O)C(O)(CC(=O)OCC2CC(C)(C)N(O)C2(C)C)CC(=O)OCC2CC(C)(C)N(O)C2(C)C)C(C)(C)N1. The molecule has 3 unspecified atom stereocenters. The molecule has 3 rings (SSSR count). The van der Waals surface area contributed by atoms with E-state index in [1.165, 1.54) is 10.1 Å². The molecule has 3 aliphatic rings. The van der Waals surface area contributed by atoms with Crippen molar-refractivity contribution in [2.45, 2.75) is 154 Å². The van der Waals surface area contributed by atoms with Gasteiger partial charge in [0, 0.05) is 51.0 Å². The van der Waals surface area contributed by atoms with Crippen molar-refractivity contribution in [1.29, 1.82) is 0 Å². The smallest absolute Gasteiger partial charge is 0.339 e. The quantitative estimate of drug-likeness (QED) is 0.191. The summed E-state index contributed by atoms with van der Waals surface area (Å²) in [5.41, 5.74) is -5.43. The van der Waals surface area contributed by atoms with Crippen LogP contribution in [-0.2, 0) is 28.6 Å². The molecule has 0 aromatic heterocycles. The molecule has 45 heavy (non-hydrogen) atoms. The molecule has 260 valence electrons. The zero-order chi connectivity index (χ0) is 34.6. The molecular formula is C33H59N3O9. The van der Waals surface area contributed by atoms with Crippen molar-refractivity contribution in [2.75, 3.05) is 19.8 Å². The van der Waals surface area contributed by atoms with Crippen molar-refractivity contribution in [1.82, 2.24) is 15.4 Å². The number of rotatable bonds is 11. The van der Waals surface area contributed by atoms with Gasteiger partial charge in [-0.25, -0.2) is 4.79 Å². The Morgan fingerprint density at radius 3 is 1.36 bits per heavy atom. The molecule has 0 aromatic rings. The van der Waals surface area contributed by atoms with E-state index in [1.54, 1.807) is 0 Å². The Morgan fingerprint density at radius 1 is 0.667 bits per heavy atom. The second-order valence-electron chi connectivity index (χ2n) is 17.3. The Morgan fingerprint density at radius 2 is 1.04 bits per heavy atom. The minimum Gasteiger partial charge on any atom is -0.465 e. The molecule has 3 heterocycles. The van der Waals surface area contributed by atoms with Crippen molar-refractivity contribution in [3.05, 3.63) is 0 Å². The van der Waals surface area contributed by atoms with Gasteiger partial charge < -0.3 is 35.0 Å². The van der Waals surface area contributed by atoms with Gasteiger partial charge in [0.05, 0.1) is 32.7 Å². The van der Waals surface area contributed by atoms with E-state index in [4.69, 9.17) is 14.2 Å². The Hall–Kier alpha value is -1.83. The molecule has 0 bridgehead atoms. The van der Waals surface area contributed by atoms with E-state index < -0.39 is 58.5 Å². The minimum absolute atomic E-state index is 0.00989. The van der Waals surface area contributed by atoms with Gasteiger partial charge in [-0.3, -0.25) is 9.59 Å². The summed E-state index contributed by atoms with van der Waals surface area (Å²) >= 11 is 0. The number of hydroxylamine groups is 4. The predicted octanol–water partition coefficient (Wildman–Crippen LogP) is 3.83. The zero-order valence-electron chi connectivity index (χ0n) is 29.6. The van der Waals surface area contributed by atoms with E-state index in [1.807, 2.05) is 69.2 Å². The van der Waals surface area contributed by atoms with Crippen molar-refractivity contribution in [3.63, 3.8) is 0 Å². The number of nitrogens with zero attached hydrogens (tertiary/aromatic N) is 2. The highest BCUT2D eigenvalue weighted by atomic mass is 16.6. The minimum atomic E-state index is -2.51. The van der Waals surface area contributed by atoms with Crippen LogP contribution in [0.4, 0.5) is 0 Å². The first kappa shape index (κ1) is 37.6. The Labute approximate surface area is 269 Å². The first-order chi connectivity index (χ1) is 20.2. The van der Waals surface area contributed by atoms with Gasteiger partial charge in [0.2, 0.25) is 0 Å². The highest BCUT2D eigenvalue weighted by Crippen LogP contribution is 2.45. The van der Waals surface area contributed by atoms with E-state index in [9.17, 15) is 29.9 Å². The second kappa shape index (κ2) is 12.3. The maximum atomic E-state index is 13.5. The number of nitrogens with one attached hydrogen (secondary N) is 1. The topological polar surface area (TPSA) is 158 Å². The number of hydrogen-bond acceptors (Lipinski definition) is 12. The molecule has 4 N–H and O–H groups in total. The summed E-state index contributed by atoms with van der Waals surface area (Å²) in [6.07, 6.45) is 0.239. The van der Waals surface area contributed by atoms with E-state index in [2.05, 4.69) is 19.2 Å². The Kier molecular flexibility index (Phi) is 10.3. The van der Waals surface area contributed by atoms with Crippen LogP contribution in [0, 0.1) is 17.8 Å². The van der Waals surface area contributed by atoms with Crippen molar-refractivity contribution < 1.29 is 44.1 Å². The lowest BCUT2D eigenvalue weighted by Crippen LogP contribution is -2.49. The Bertz CT molecular complexity index is 1070. The molecule has 0 aliphatic carbocycles. The molecule has 0 amide bonds. The molecular weight excluding hydrogens is 582 g/mol. The third-order valence-electron chi connectivity index (χ3n) is 10.7. The molecule has 3 atom stereocenters. The third-order valence-corrected chi connectivity index (χ3v) is 10.7. The average molecular weight is 642 g/mol. The van der Waals surface area contributed by atoms with E-state index in [-0.39, 0.29) is 48.7 Å². The summed E-state index contributed by atoms with van der Waals surface area (Å²) in [7, 11) is 0. The standard InChI is InChI=1S/C33H59N3O9/c1-27(2)13-21(30(7,8)34-27)18-45-26(39)33(40,16-24(37)43-19-22-14-28(3,4)35(41)31(22,9)10)17-25(38)44-20-23-15-29(5,6)36(42)32(23,11)12/h21-23,34,40-42H,13-20H2,1-12H3. The molecule has 3 fully saturated rings. The van der Waals surface area contributed by atoms with Crippen molar-refractivity contribution in [2.24, 2.45) is 17.8 Å². The van der Waals surface area contributed by atoms with Crippen LogP contribution in [0.15, 0.2) is 0 Å². The molecule has 0 radical (unpaired) electrons. The predicted molar refractivity (Wildman–Crippen MR) is 166 cm³/mol. The van der Waals surface area contributed by atoms with Crippen LogP contribution >= 0.6 is 0 Å². The lowest BCUT2D eigenvalue weighted by Gasteiger charge is -2.36. The van der Waals surface area contributed by atoms with E-state index in [0.717, 1.165) is 6.42 Å². The highest BCUT2D eigenvalue weighted by Gasteiger charge is 2.54. The van der Waals surface area contributed by atoms with Crippen LogP contribution in [0.1, 0.15) is 115 Å². The normalized spacial score (nSPS) is 30.9. The van der Waals surface area contributed by atoms with Crippen LogP contribution in [0.2, 0.25) is 0 Å². The largest absolute Gasteiger partial charge is 0.465 e. The van der Waals surface area contributed by atoms with Gasteiger partial charge in [-0.2, -0.15) is 10.1 Å². The summed E-state index contributed by atoms with van der Waals surface area (Å²) < 4.78 is 16.7. The lowest BCUT2D eigenvalue weighted by atomic mass is 9.87. The van der Waals surface area contributed by atoms with Crippen LogP contribution in [0.25, 0.3) is 0 Å². The molecule has 0 aromatic carbocycles. The van der Waals surface area contributed by atoms with Gasteiger partial charge in [0.15, 0.2) is 5.60 Å². The fourth-order valence-electron chi connectivity index (χ4n) is 7.96. The van der Waals surface area contributed by atoms with Crippen LogP contribution in [0.5, 0.6) is 0 Å². The van der Waals surface area contributed by atoms with Crippen LogP contribution < -0.4 is 5.32 Å². The number of aliphatic hydroxyl groups is 1. The van der Waals surface area contributed by atoms with Gasteiger partial charge in [-0.05, 0) is 102 Å². The number of carbonyl (C=O) groups excluding carboxylic acids is 3. The Balaban J connectivity index is 1.71. The first-order valence-electron chi connectivity index (χ1n) is 16.1. The molecule has 3 saturated heterocycles. The summed E-state index contributed by atoms with van der Waals surface area (Å²) in [5, 5.41) is 38.9. The summed E-state index contributed by atoms with van der Waals surface area (Å²) in [4.78, 5) is 39.7. The van der Waals surface area contributed by atoms with Gasteiger partial charge in [0.25, 0.3) is 0 Å². The van der Waals surface area contributed by atoms with Gasteiger partial charge in [0.1, 0.15) is 0 Å². The van der Waals surface area contributed by atoms with Crippen molar-refractivity contribution >= 4 is 17.9 Å². The maximum absolute atomic E-state index is 13.5. The number of carbonyl (C=O) groups is 3. The van der Waals surface area contributed by atoms with Gasteiger partial charge in [-0.1, -0.05) is 0 Å². The fourth-order valence-corrected chi connectivity index (χ4v) is 7.96. The average Bonchev–Trinajstić information content (AvgIpc) is 3.27. The lowest BCUT2D eigenvalue weighted by molar-refractivity contribution is -0.199. The first-order valence-corrected chi connectivity index (χ1v) is 16.1. The number of ether oxygens (including phenoxy) is 3. The molecule has 12 nitrogen and oxygen atoms in total. The molecule has 3 aliphatic heterocycles. The number of esters is 3. The zero-order valence-corrected chi connectivity index (χ0v) is 29.6. The van der Waals surface area contributed by atoms with E-state index >= 15 is 0 Å². The summed E-state index contributed by atoms with van der Waals surface area (Å²) in [6, 6.07) is 0. The third kappa shape index (κ3) is 8.01. The summed E-state index contributed by atoms with van der Waals surface area (Å²) in [5.74, 6) is -3.32. The molecule has 0 spiro atoms. The fraction of sp³-hybridized carbons (Fsp3) is 0.909. The maximum Gasteiger partial charge on any atom is 0.339 e. The monoisotopic (exact) mass is 641 g/mol. The second-order valence-corrected chi connectivity index (χ2v) is 17.3. The van der Waals surface area contributed by atoms with E-state index in [0.29, 0.717) is 12.8 Å². The van der Waals surface area contributed by atoms with Crippen LogP contribution in [-0.4, -0.2) is 102 Å². The van der Waals surface area contributed by atoms with Crippen LogP contribution in [0.3, 0.4) is 0 Å².